The minimum absolute atomic E-state index is 0.283. The summed E-state index contributed by atoms with van der Waals surface area (Å²) >= 11 is 1.74. The summed E-state index contributed by atoms with van der Waals surface area (Å²) in [7, 11) is -2.33. The Bertz CT molecular complexity index is 514. The smallest absolute Gasteiger partial charge is 0.324 e. The van der Waals surface area contributed by atoms with Gasteiger partial charge in [0.2, 0.25) is 0 Å². The number of hydrogen-bond acceptors (Lipinski definition) is 3. The normalized spacial score (nSPS) is 32.6. The molecule has 0 spiro atoms. The lowest BCUT2D eigenvalue weighted by Crippen LogP contribution is -2.32. The first-order valence-electron chi connectivity index (χ1n) is 8.45. The zero-order valence-electron chi connectivity index (χ0n) is 14.3. The van der Waals surface area contributed by atoms with Crippen molar-refractivity contribution < 1.29 is 22.1 Å². The van der Waals surface area contributed by atoms with Gasteiger partial charge in [0.25, 0.3) is 0 Å². The Kier molecular flexibility index (Phi) is 9.37. The van der Waals surface area contributed by atoms with Crippen LogP contribution in [0.5, 0.6) is 0 Å². The van der Waals surface area contributed by atoms with E-state index in [1.165, 1.54) is 0 Å². The van der Waals surface area contributed by atoms with Crippen LogP contribution in [-0.2, 0) is 9.47 Å². The van der Waals surface area contributed by atoms with Gasteiger partial charge in [-0.15, -0.1) is 0 Å². The number of ether oxygens (including phenoxy) is 2. The molecular weight excluding hydrogens is 369 g/mol. The molecule has 2 rings (SSSR count). The van der Waals surface area contributed by atoms with E-state index in [1.54, 1.807) is 11.8 Å². The van der Waals surface area contributed by atoms with Gasteiger partial charge >= 0.3 is 5.37 Å². The van der Waals surface area contributed by atoms with E-state index < -0.39 is 21.5 Å². The highest BCUT2D eigenvalue weighted by Gasteiger charge is 2.24. The van der Waals surface area contributed by atoms with E-state index in [-0.39, 0.29) is 6.29 Å². The van der Waals surface area contributed by atoms with Crippen molar-refractivity contribution in [1.82, 2.24) is 0 Å². The minimum atomic E-state index is -2.33. The first kappa shape index (κ1) is 20.8. The second-order valence-electron chi connectivity index (χ2n) is 6.09. The Balaban J connectivity index is 1.65. The summed E-state index contributed by atoms with van der Waals surface area (Å²) in [5.41, 5.74) is 0. The first-order chi connectivity index (χ1) is 12.1. The molecule has 1 heterocycles. The molecule has 2 fully saturated rings. The van der Waals surface area contributed by atoms with Crippen LogP contribution in [0.2, 0.25) is 0 Å². The lowest BCUT2D eigenvalue weighted by molar-refractivity contribution is -0.146. The molecule has 1 saturated carbocycles. The Morgan fingerprint density at radius 1 is 0.960 bits per heavy atom. The van der Waals surface area contributed by atoms with Crippen LogP contribution in [0.25, 0.3) is 0 Å². The third-order valence-corrected chi connectivity index (χ3v) is 6.66. The van der Waals surface area contributed by atoms with Crippen LogP contribution >= 0.6 is 22.6 Å². The van der Waals surface area contributed by atoms with E-state index in [9.17, 15) is 12.7 Å². The zero-order valence-corrected chi connectivity index (χ0v) is 15.9. The van der Waals surface area contributed by atoms with Gasteiger partial charge in [-0.05, 0) is 43.9 Å². The van der Waals surface area contributed by atoms with E-state index in [4.69, 9.17) is 9.47 Å². The average molecular weight is 395 g/mol. The van der Waals surface area contributed by atoms with Gasteiger partial charge in [0.1, 0.15) is 0 Å². The molecule has 0 aromatic rings. The van der Waals surface area contributed by atoms with Crippen molar-refractivity contribution in [1.29, 1.82) is 0 Å². The molecule has 1 atom stereocenters. The lowest BCUT2D eigenvalue weighted by atomic mass is 9.88. The van der Waals surface area contributed by atoms with Gasteiger partial charge in [-0.25, -0.2) is 0 Å². The van der Waals surface area contributed by atoms with Crippen molar-refractivity contribution >= 4 is 28.0 Å². The maximum absolute atomic E-state index is 13.3. The minimum Gasteiger partial charge on any atom is -0.348 e. The van der Waals surface area contributed by atoms with Crippen LogP contribution < -0.4 is 0 Å². The maximum atomic E-state index is 13.3. The molecule has 1 unspecified atom stereocenters. The van der Waals surface area contributed by atoms with Crippen LogP contribution in [-0.4, -0.2) is 41.6 Å². The zero-order chi connectivity index (χ0) is 18.1. The molecule has 2 nitrogen and oxygen atoms in total. The topological polar surface area (TPSA) is 18.5 Å². The third-order valence-electron chi connectivity index (χ3n) is 4.37. The second kappa shape index (κ2) is 11.3. The van der Waals surface area contributed by atoms with Crippen molar-refractivity contribution in [2.24, 2.45) is 5.92 Å². The maximum Gasteiger partial charge on any atom is 0.324 e. The van der Waals surface area contributed by atoms with Gasteiger partial charge in [-0.2, -0.15) is 24.4 Å². The van der Waals surface area contributed by atoms with E-state index >= 15 is 0 Å². The monoisotopic (exact) mass is 394 g/mol. The Morgan fingerprint density at radius 3 is 2.12 bits per heavy atom. The van der Waals surface area contributed by atoms with Gasteiger partial charge in [0, 0.05) is 5.25 Å². The number of rotatable bonds is 6. The summed E-state index contributed by atoms with van der Waals surface area (Å²) in [6, 6.07) is 0. The quantitative estimate of drug-likeness (QED) is 0.337. The predicted molar refractivity (Wildman–Crippen MR) is 102 cm³/mol. The molecule has 142 valence electrons. The Hall–Kier alpha value is -0.500. The van der Waals surface area contributed by atoms with Gasteiger partial charge in [-0.1, -0.05) is 30.4 Å². The summed E-state index contributed by atoms with van der Waals surface area (Å²) in [5, 5.41) is -2.14. The van der Waals surface area contributed by atoms with E-state index in [2.05, 4.69) is 6.08 Å². The largest absolute Gasteiger partial charge is 0.348 e. The number of allylic oxidation sites excluding steroid dienone is 5. The molecule has 1 aliphatic heterocycles. The van der Waals surface area contributed by atoms with Crippen LogP contribution in [0.1, 0.15) is 25.7 Å². The molecular formula is C18H25F3O2S2. The lowest BCUT2D eigenvalue weighted by Gasteiger charge is -2.26. The number of halogens is 3. The van der Waals surface area contributed by atoms with Gasteiger partial charge in [0.15, 0.2) is 6.29 Å². The molecule has 0 radical (unpaired) electrons. The van der Waals surface area contributed by atoms with Crippen LogP contribution in [0.15, 0.2) is 36.5 Å². The summed E-state index contributed by atoms with van der Waals surface area (Å²) in [4.78, 5) is 0. The SMILES string of the molecule is CSC1COC(/C=C/C=C/C=C/C2CCC(S(F)=C(F)F)CC2)OC1. The van der Waals surface area contributed by atoms with Crippen molar-refractivity contribution in [3.05, 3.63) is 36.5 Å². The van der Waals surface area contributed by atoms with E-state index in [0.717, 1.165) is 12.8 Å². The summed E-state index contributed by atoms with van der Waals surface area (Å²) in [6.07, 6.45) is 16.0. The van der Waals surface area contributed by atoms with E-state index in [0.29, 0.717) is 37.2 Å². The van der Waals surface area contributed by atoms with Crippen molar-refractivity contribution in [3.63, 3.8) is 0 Å². The van der Waals surface area contributed by atoms with E-state index in [1.807, 2.05) is 36.6 Å². The number of thioether (sulfide) groups is 1. The standard InChI is InChI=1S/C18H25F3O2S2/c1-24-15-12-22-17(23-13-15)7-5-3-2-4-6-14-8-10-16(11-9-14)25(21)18(19)20/h2-7,14-17H,8-13H2,1H3/b3-2+,6-4+,7-5+. The average Bonchev–Trinajstić information content (AvgIpc) is 2.65. The van der Waals surface area contributed by atoms with Crippen LogP contribution in [0.3, 0.4) is 0 Å². The van der Waals surface area contributed by atoms with Crippen molar-refractivity contribution in [2.75, 3.05) is 19.5 Å². The molecule has 0 aromatic carbocycles. The van der Waals surface area contributed by atoms with Crippen molar-refractivity contribution in [3.8, 4) is 0 Å². The molecule has 0 bridgehead atoms. The second-order valence-corrected chi connectivity index (χ2v) is 8.78. The molecule has 25 heavy (non-hydrogen) atoms. The molecule has 0 N–H and O–H groups in total. The fourth-order valence-corrected chi connectivity index (χ4v) is 4.23. The fourth-order valence-electron chi connectivity index (χ4n) is 2.87. The third kappa shape index (κ3) is 7.33. The molecule has 1 aliphatic carbocycles. The van der Waals surface area contributed by atoms with Gasteiger partial charge < -0.3 is 9.47 Å². The molecule has 1 saturated heterocycles. The molecule has 7 heteroatoms. The van der Waals surface area contributed by atoms with Gasteiger partial charge in [0.05, 0.1) is 29.3 Å². The van der Waals surface area contributed by atoms with Crippen LogP contribution in [0.4, 0.5) is 12.7 Å². The van der Waals surface area contributed by atoms with Gasteiger partial charge in [-0.3, -0.25) is 0 Å². The fraction of sp³-hybridized carbons (Fsp3) is 0.611. The Morgan fingerprint density at radius 2 is 1.56 bits per heavy atom. The van der Waals surface area contributed by atoms with Crippen LogP contribution in [0, 0.1) is 5.92 Å². The molecule has 2 aliphatic rings. The predicted octanol–water partition coefficient (Wildman–Crippen LogP) is 5.50. The molecule has 0 aromatic heterocycles. The Labute approximate surface area is 154 Å². The summed E-state index contributed by atoms with van der Waals surface area (Å²) in [6.45, 7) is 1.40. The number of hydrogen-bond donors (Lipinski definition) is 0. The summed E-state index contributed by atoms with van der Waals surface area (Å²) < 4.78 is 49.0. The van der Waals surface area contributed by atoms with Crippen molar-refractivity contribution in [2.45, 2.75) is 42.5 Å². The highest BCUT2D eigenvalue weighted by molar-refractivity contribution is 8.11. The molecule has 0 amide bonds. The highest BCUT2D eigenvalue weighted by atomic mass is 32.2. The summed E-state index contributed by atoms with van der Waals surface area (Å²) in [5.74, 6) is 0.345. The highest BCUT2D eigenvalue weighted by Crippen LogP contribution is 2.38. The first-order valence-corrected chi connectivity index (χ1v) is 10.9.